The van der Waals surface area contributed by atoms with E-state index in [4.69, 9.17) is 5.11 Å². The summed E-state index contributed by atoms with van der Waals surface area (Å²) in [6.07, 6.45) is -3.53. The molecule has 19 heavy (non-hydrogen) atoms. The van der Waals surface area contributed by atoms with Gasteiger partial charge in [-0.1, -0.05) is 11.3 Å². The lowest BCUT2D eigenvalue weighted by Gasteiger charge is -2.11. The second-order valence-corrected chi connectivity index (χ2v) is 3.84. The van der Waals surface area contributed by atoms with E-state index in [1.54, 1.807) is 6.92 Å². The smallest absolute Gasteiger partial charge is 0.416 e. The molecule has 0 fully saturated rings. The highest BCUT2D eigenvalue weighted by Crippen LogP contribution is 2.31. The molecule has 1 N–H and O–H groups in total. The summed E-state index contributed by atoms with van der Waals surface area (Å²) < 4.78 is 38.8. The number of nitrogens with zero attached hydrogens (tertiary/aromatic N) is 3. The maximum absolute atomic E-state index is 12.6. The normalized spacial score (nSPS) is 11.6. The van der Waals surface area contributed by atoms with Crippen molar-refractivity contribution >= 4 is 5.97 Å². The molecule has 0 unspecified atom stereocenters. The van der Waals surface area contributed by atoms with Gasteiger partial charge in [0.15, 0.2) is 5.69 Å². The second kappa shape index (κ2) is 4.38. The van der Waals surface area contributed by atoms with Crippen LogP contribution in [0.2, 0.25) is 0 Å². The Kier molecular flexibility index (Phi) is 3.01. The van der Waals surface area contributed by atoms with Crippen LogP contribution in [-0.4, -0.2) is 26.1 Å². The fourth-order valence-corrected chi connectivity index (χ4v) is 1.57. The van der Waals surface area contributed by atoms with Gasteiger partial charge in [-0.3, -0.25) is 0 Å². The minimum atomic E-state index is -4.51. The van der Waals surface area contributed by atoms with Crippen LogP contribution in [-0.2, 0) is 6.18 Å². The average Bonchev–Trinajstić information content (AvgIpc) is 2.76. The molecule has 8 heteroatoms. The van der Waals surface area contributed by atoms with E-state index >= 15 is 0 Å². The lowest BCUT2D eigenvalue weighted by atomic mass is 10.1. The highest BCUT2D eigenvalue weighted by molar-refractivity contribution is 5.85. The van der Waals surface area contributed by atoms with Crippen molar-refractivity contribution in [2.45, 2.75) is 13.1 Å². The van der Waals surface area contributed by atoms with Crippen LogP contribution in [0.1, 0.15) is 21.6 Å². The Morgan fingerprint density at radius 1 is 1.37 bits per heavy atom. The highest BCUT2D eigenvalue weighted by Gasteiger charge is 2.31. The molecular weight excluding hydrogens is 263 g/mol. The van der Waals surface area contributed by atoms with Crippen LogP contribution in [0.5, 0.6) is 0 Å². The first-order chi connectivity index (χ1) is 8.80. The van der Waals surface area contributed by atoms with Crippen molar-refractivity contribution in [3.05, 3.63) is 41.2 Å². The molecule has 2 aromatic rings. The van der Waals surface area contributed by atoms with Crippen molar-refractivity contribution in [2.24, 2.45) is 0 Å². The molecule has 100 valence electrons. The number of alkyl halides is 3. The van der Waals surface area contributed by atoms with E-state index < -0.39 is 17.7 Å². The van der Waals surface area contributed by atoms with Crippen molar-refractivity contribution < 1.29 is 23.1 Å². The third kappa shape index (κ3) is 2.42. The largest absolute Gasteiger partial charge is 0.476 e. The molecule has 1 aromatic carbocycles. The van der Waals surface area contributed by atoms with Gasteiger partial charge in [-0.15, -0.1) is 5.10 Å². The lowest BCUT2D eigenvalue weighted by molar-refractivity contribution is -0.137. The van der Waals surface area contributed by atoms with E-state index in [-0.39, 0.29) is 11.4 Å². The van der Waals surface area contributed by atoms with Gasteiger partial charge in [0.2, 0.25) is 0 Å². The summed E-state index contributed by atoms with van der Waals surface area (Å²) in [7, 11) is 0. The second-order valence-electron chi connectivity index (χ2n) is 3.84. The van der Waals surface area contributed by atoms with Crippen LogP contribution in [0.15, 0.2) is 24.4 Å². The number of benzene rings is 1. The van der Waals surface area contributed by atoms with Crippen LogP contribution < -0.4 is 0 Å². The molecule has 5 nitrogen and oxygen atoms in total. The summed E-state index contributed by atoms with van der Waals surface area (Å²) in [5.74, 6) is -1.32. The molecule has 1 aromatic heterocycles. The number of halogens is 3. The maximum atomic E-state index is 12.6. The molecule has 0 aliphatic carbocycles. The zero-order valence-electron chi connectivity index (χ0n) is 9.64. The number of aromatic nitrogens is 3. The predicted molar refractivity (Wildman–Crippen MR) is 58.1 cm³/mol. The van der Waals surface area contributed by atoms with Crippen LogP contribution in [0, 0.1) is 6.92 Å². The van der Waals surface area contributed by atoms with E-state index in [1.807, 2.05) is 0 Å². The summed E-state index contributed by atoms with van der Waals surface area (Å²) in [5, 5.41) is 15.8. The molecule has 0 atom stereocenters. The summed E-state index contributed by atoms with van der Waals surface area (Å²) in [6.45, 7) is 1.56. The molecule has 0 amide bonds. The molecule has 0 saturated heterocycles. The predicted octanol–water partition coefficient (Wildman–Crippen LogP) is 2.29. The third-order valence-corrected chi connectivity index (χ3v) is 2.53. The summed E-state index contributed by atoms with van der Waals surface area (Å²) in [4.78, 5) is 10.9. The fraction of sp³-hybridized carbons (Fsp3) is 0.182. The lowest BCUT2D eigenvalue weighted by Crippen LogP contribution is -2.12. The number of carboxylic acids is 1. The van der Waals surface area contributed by atoms with Gasteiger partial charge in [0, 0.05) is 0 Å². The molecule has 1 heterocycles. The van der Waals surface area contributed by atoms with Crippen molar-refractivity contribution in [3.63, 3.8) is 0 Å². The number of aryl methyl sites for hydroxylation is 1. The van der Waals surface area contributed by atoms with Gasteiger partial charge >= 0.3 is 12.1 Å². The number of hydrogen-bond acceptors (Lipinski definition) is 3. The van der Waals surface area contributed by atoms with E-state index in [1.165, 1.54) is 6.07 Å². The van der Waals surface area contributed by atoms with Gasteiger partial charge in [0.25, 0.3) is 0 Å². The standard InChI is InChI=1S/C11H8F3N3O2/c1-6-2-3-7(11(12,13)14)4-8(6)17-9(10(18)19)5-15-16-17/h2-5H,1H3,(H,18,19). The van der Waals surface area contributed by atoms with Gasteiger partial charge in [0.1, 0.15) is 0 Å². The molecule has 2 rings (SSSR count). The third-order valence-electron chi connectivity index (χ3n) is 2.53. The average molecular weight is 271 g/mol. The van der Waals surface area contributed by atoms with Crippen LogP contribution >= 0.6 is 0 Å². The number of carbonyl (C=O) groups is 1. The highest BCUT2D eigenvalue weighted by atomic mass is 19.4. The van der Waals surface area contributed by atoms with Crippen molar-refractivity contribution in [1.29, 1.82) is 0 Å². The van der Waals surface area contributed by atoms with Gasteiger partial charge in [-0.05, 0) is 24.6 Å². The van der Waals surface area contributed by atoms with E-state index in [0.717, 1.165) is 23.0 Å². The Hall–Kier alpha value is -2.38. The number of hydrogen-bond donors (Lipinski definition) is 1. The topological polar surface area (TPSA) is 68.0 Å². The number of rotatable bonds is 2. The first-order valence-corrected chi connectivity index (χ1v) is 5.13. The van der Waals surface area contributed by atoms with Crippen LogP contribution in [0.3, 0.4) is 0 Å². The first kappa shape index (κ1) is 13.1. The molecule has 0 bridgehead atoms. The summed E-state index contributed by atoms with van der Waals surface area (Å²) in [5.41, 5.74) is -0.687. The number of aromatic carboxylic acids is 1. The Labute approximate surface area is 105 Å². The van der Waals surface area contributed by atoms with Gasteiger partial charge < -0.3 is 5.11 Å². The van der Waals surface area contributed by atoms with Gasteiger partial charge in [0.05, 0.1) is 17.4 Å². The quantitative estimate of drug-likeness (QED) is 0.909. The SMILES string of the molecule is Cc1ccc(C(F)(F)F)cc1-n1nncc1C(=O)O. The Morgan fingerprint density at radius 2 is 2.05 bits per heavy atom. The monoisotopic (exact) mass is 271 g/mol. The molecule has 0 radical (unpaired) electrons. The minimum Gasteiger partial charge on any atom is -0.476 e. The molecule has 0 spiro atoms. The number of carboxylic acid groups (broad SMARTS) is 1. The molecule has 0 aliphatic rings. The molecular formula is C11H8F3N3O2. The van der Waals surface area contributed by atoms with E-state index in [2.05, 4.69) is 10.3 Å². The zero-order valence-corrected chi connectivity index (χ0v) is 9.64. The van der Waals surface area contributed by atoms with Crippen molar-refractivity contribution in [2.75, 3.05) is 0 Å². The zero-order chi connectivity index (χ0) is 14.2. The first-order valence-electron chi connectivity index (χ1n) is 5.13. The fourth-order valence-electron chi connectivity index (χ4n) is 1.57. The van der Waals surface area contributed by atoms with E-state index in [9.17, 15) is 18.0 Å². The van der Waals surface area contributed by atoms with Gasteiger partial charge in [-0.2, -0.15) is 13.2 Å². The maximum Gasteiger partial charge on any atom is 0.416 e. The van der Waals surface area contributed by atoms with Gasteiger partial charge in [-0.25, -0.2) is 9.48 Å². The molecule has 0 aliphatic heterocycles. The Balaban J connectivity index is 2.62. The summed E-state index contributed by atoms with van der Waals surface area (Å²) in [6, 6.07) is 3.03. The van der Waals surface area contributed by atoms with Crippen LogP contribution in [0.4, 0.5) is 13.2 Å². The Morgan fingerprint density at radius 3 is 2.63 bits per heavy atom. The van der Waals surface area contributed by atoms with Crippen molar-refractivity contribution in [3.8, 4) is 5.69 Å². The molecule has 0 saturated carbocycles. The minimum absolute atomic E-state index is 0.0322. The summed E-state index contributed by atoms with van der Waals surface area (Å²) >= 11 is 0. The Bertz CT molecular complexity index is 634. The van der Waals surface area contributed by atoms with Crippen LogP contribution in [0.25, 0.3) is 5.69 Å². The van der Waals surface area contributed by atoms with E-state index in [0.29, 0.717) is 5.56 Å². The van der Waals surface area contributed by atoms with Crippen molar-refractivity contribution in [1.82, 2.24) is 15.0 Å².